The summed E-state index contributed by atoms with van der Waals surface area (Å²) < 4.78 is 35.6. The molecule has 0 saturated carbocycles. The van der Waals surface area contributed by atoms with E-state index in [1.54, 1.807) is 48.7 Å². The number of ether oxygens (including phenoxy) is 1. The number of anilines is 1. The second-order valence-corrected chi connectivity index (χ2v) is 8.50. The van der Waals surface area contributed by atoms with Gasteiger partial charge in [0.2, 0.25) is 5.78 Å². The molecule has 2 aromatic carbocycles. The SMILES string of the molecule is CCCCOc1ccc(S(=O)(=O)Nc2cccc(-c3cn4cccnc4n3)c2)cc1. The highest BCUT2D eigenvalue weighted by molar-refractivity contribution is 7.92. The molecule has 154 valence electrons. The lowest BCUT2D eigenvalue weighted by atomic mass is 10.1. The van der Waals surface area contributed by atoms with Crippen molar-refractivity contribution in [3.63, 3.8) is 0 Å². The number of sulfonamides is 1. The number of hydrogen-bond donors (Lipinski definition) is 1. The topological polar surface area (TPSA) is 85.6 Å². The fourth-order valence-corrected chi connectivity index (χ4v) is 4.02. The molecule has 0 aliphatic rings. The molecule has 0 fully saturated rings. The lowest BCUT2D eigenvalue weighted by Gasteiger charge is -2.10. The lowest BCUT2D eigenvalue weighted by Crippen LogP contribution is -2.13. The molecule has 0 saturated heterocycles. The quantitative estimate of drug-likeness (QED) is 0.426. The summed E-state index contributed by atoms with van der Waals surface area (Å²) in [5.74, 6) is 1.24. The van der Waals surface area contributed by atoms with Crippen LogP contribution in [0.15, 0.2) is 78.1 Å². The van der Waals surface area contributed by atoms with Crippen LogP contribution in [0.1, 0.15) is 19.8 Å². The number of hydrogen-bond acceptors (Lipinski definition) is 5. The summed E-state index contributed by atoms with van der Waals surface area (Å²) in [5, 5.41) is 0. The normalized spacial score (nSPS) is 11.5. The van der Waals surface area contributed by atoms with E-state index in [1.807, 2.05) is 28.9 Å². The van der Waals surface area contributed by atoms with E-state index in [4.69, 9.17) is 4.74 Å². The number of rotatable bonds is 8. The molecule has 0 amide bonds. The first kappa shape index (κ1) is 19.9. The van der Waals surface area contributed by atoms with Gasteiger partial charge in [-0.3, -0.25) is 9.12 Å². The molecule has 2 aromatic heterocycles. The smallest absolute Gasteiger partial charge is 0.261 e. The van der Waals surface area contributed by atoms with Crippen molar-refractivity contribution in [2.45, 2.75) is 24.7 Å². The lowest BCUT2D eigenvalue weighted by molar-refractivity contribution is 0.309. The average Bonchev–Trinajstić information content (AvgIpc) is 3.19. The third kappa shape index (κ3) is 4.44. The second-order valence-electron chi connectivity index (χ2n) is 6.81. The minimum absolute atomic E-state index is 0.174. The Hall–Kier alpha value is -3.39. The summed E-state index contributed by atoms with van der Waals surface area (Å²) in [6, 6.07) is 15.4. The standard InChI is InChI=1S/C22H22N4O3S/c1-2-3-14-29-19-8-10-20(11-9-19)30(27,28)25-18-7-4-6-17(15-18)21-16-26-13-5-12-23-22(26)24-21/h4-13,15-16,25H,2-3,14H2,1H3. The second kappa shape index (κ2) is 8.54. The van der Waals surface area contributed by atoms with E-state index in [-0.39, 0.29) is 4.90 Å². The van der Waals surface area contributed by atoms with Crippen LogP contribution in [0.2, 0.25) is 0 Å². The van der Waals surface area contributed by atoms with Gasteiger partial charge in [0.15, 0.2) is 0 Å². The number of nitrogens with one attached hydrogen (secondary N) is 1. The van der Waals surface area contributed by atoms with E-state index >= 15 is 0 Å². The van der Waals surface area contributed by atoms with Crippen LogP contribution in [0.4, 0.5) is 5.69 Å². The van der Waals surface area contributed by atoms with Gasteiger partial charge < -0.3 is 4.74 Å². The molecule has 0 spiro atoms. The number of aromatic nitrogens is 3. The van der Waals surface area contributed by atoms with Crippen molar-refractivity contribution >= 4 is 21.5 Å². The van der Waals surface area contributed by atoms with Crippen LogP contribution < -0.4 is 9.46 Å². The summed E-state index contributed by atoms with van der Waals surface area (Å²) in [4.78, 5) is 8.86. The monoisotopic (exact) mass is 422 g/mol. The van der Waals surface area contributed by atoms with Crippen LogP contribution >= 0.6 is 0 Å². The predicted molar refractivity (Wildman–Crippen MR) is 116 cm³/mol. The van der Waals surface area contributed by atoms with Crippen molar-refractivity contribution < 1.29 is 13.2 Å². The van der Waals surface area contributed by atoms with Crippen molar-refractivity contribution in [2.75, 3.05) is 11.3 Å². The molecule has 0 bridgehead atoms. The molecular formula is C22H22N4O3S. The maximum absolute atomic E-state index is 12.8. The van der Waals surface area contributed by atoms with Crippen LogP contribution in [0, 0.1) is 0 Å². The van der Waals surface area contributed by atoms with Crippen LogP contribution in [0.5, 0.6) is 5.75 Å². The average molecular weight is 423 g/mol. The molecular weight excluding hydrogens is 400 g/mol. The Bertz CT molecular complexity index is 1220. The summed E-state index contributed by atoms with van der Waals surface area (Å²) in [7, 11) is -3.72. The molecule has 0 unspecified atom stereocenters. The Labute approximate surface area is 175 Å². The number of unbranched alkanes of at least 4 members (excludes halogenated alkanes) is 1. The molecule has 4 rings (SSSR count). The third-order valence-electron chi connectivity index (χ3n) is 4.55. The molecule has 0 aliphatic carbocycles. The first-order valence-corrected chi connectivity index (χ1v) is 11.2. The number of benzene rings is 2. The van der Waals surface area contributed by atoms with Crippen LogP contribution in [-0.4, -0.2) is 29.4 Å². The van der Waals surface area contributed by atoms with Gasteiger partial charge in [0, 0.05) is 29.8 Å². The van der Waals surface area contributed by atoms with Gasteiger partial charge in [0.25, 0.3) is 10.0 Å². The van der Waals surface area contributed by atoms with Crippen molar-refractivity contribution in [1.82, 2.24) is 14.4 Å². The minimum atomic E-state index is -3.72. The van der Waals surface area contributed by atoms with Crippen LogP contribution in [0.3, 0.4) is 0 Å². The first-order valence-electron chi connectivity index (χ1n) is 9.71. The Morgan fingerprint density at radius 3 is 2.70 bits per heavy atom. The Kier molecular flexibility index (Phi) is 5.67. The van der Waals surface area contributed by atoms with Gasteiger partial charge in [-0.25, -0.2) is 18.4 Å². The van der Waals surface area contributed by atoms with Crippen molar-refractivity contribution in [1.29, 1.82) is 0 Å². The van der Waals surface area contributed by atoms with Gasteiger partial charge in [0.1, 0.15) is 5.75 Å². The largest absolute Gasteiger partial charge is 0.494 e. The maximum atomic E-state index is 12.8. The highest BCUT2D eigenvalue weighted by Gasteiger charge is 2.15. The van der Waals surface area contributed by atoms with Crippen LogP contribution in [-0.2, 0) is 10.0 Å². The summed E-state index contributed by atoms with van der Waals surface area (Å²) in [6.45, 7) is 2.71. The van der Waals surface area contributed by atoms with Crippen molar-refractivity contribution in [3.05, 3.63) is 73.2 Å². The van der Waals surface area contributed by atoms with E-state index in [9.17, 15) is 8.42 Å². The molecule has 0 aliphatic heterocycles. The maximum Gasteiger partial charge on any atom is 0.261 e. The van der Waals surface area contributed by atoms with E-state index in [2.05, 4.69) is 21.6 Å². The fourth-order valence-electron chi connectivity index (χ4n) is 2.97. The Morgan fingerprint density at radius 2 is 1.93 bits per heavy atom. The number of imidazole rings is 1. The summed E-state index contributed by atoms with van der Waals surface area (Å²) >= 11 is 0. The number of fused-ring (bicyclic) bond motifs is 1. The van der Waals surface area contributed by atoms with Gasteiger partial charge in [-0.05, 0) is 48.9 Å². The molecule has 7 nitrogen and oxygen atoms in total. The van der Waals surface area contributed by atoms with Gasteiger partial charge >= 0.3 is 0 Å². The van der Waals surface area contributed by atoms with E-state index < -0.39 is 10.0 Å². The molecule has 8 heteroatoms. The molecule has 0 radical (unpaired) electrons. The molecule has 4 aromatic rings. The van der Waals surface area contributed by atoms with E-state index in [1.165, 1.54) is 0 Å². The van der Waals surface area contributed by atoms with Gasteiger partial charge in [-0.2, -0.15) is 0 Å². The highest BCUT2D eigenvalue weighted by atomic mass is 32.2. The zero-order valence-corrected chi connectivity index (χ0v) is 17.3. The van der Waals surface area contributed by atoms with Crippen molar-refractivity contribution in [3.8, 4) is 17.0 Å². The molecule has 0 atom stereocenters. The first-order chi connectivity index (χ1) is 14.5. The highest BCUT2D eigenvalue weighted by Crippen LogP contribution is 2.24. The number of nitrogens with zero attached hydrogens (tertiary/aromatic N) is 3. The summed E-state index contributed by atoms with van der Waals surface area (Å²) in [6.07, 6.45) is 7.40. The Balaban J connectivity index is 1.52. The molecule has 1 N–H and O–H groups in total. The minimum Gasteiger partial charge on any atom is -0.494 e. The van der Waals surface area contributed by atoms with Gasteiger partial charge in [-0.1, -0.05) is 25.5 Å². The predicted octanol–water partition coefficient (Wildman–Crippen LogP) is 4.38. The van der Waals surface area contributed by atoms with E-state index in [0.717, 1.165) is 18.4 Å². The molecule has 2 heterocycles. The Morgan fingerprint density at radius 1 is 1.10 bits per heavy atom. The fraction of sp³-hybridized carbons (Fsp3) is 0.182. The van der Waals surface area contributed by atoms with E-state index in [0.29, 0.717) is 29.5 Å². The summed E-state index contributed by atoms with van der Waals surface area (Å²) in [5.41, 5.74) is 1.96. The van der Waals surface area contributed by atoms with Gasteiger partial charge in [-0.15, -0.1) is 0 Å². The van der Waals surface area contributed by atoms with Gasteiger partial charge in [0.05, 0.1) is 17.2 Å². The van der Waals surface area contributed by atoms with Crippen LogP contribution in [0.25, 0.3) is 17.0 Å². The molecule has 30 heavy (non-hydrogen) atoms. The zero-order valence-electron chi connectivity index (χ0n) is 16.5. The third-order valence-corrected chi connectivity index (χ3v) is 5.94. The zero-order chi connectivity index (χ0) is 21.0. The van der Waals surface area contributed by atoms with Crippen molar-refractivity contribution in [2.24, 2.45) is 0 Å².